The highest BCUT2D eigenvalue weighted by Crippen LogP contribution is 2.47. The highest BCUT2D eigenvalue weighted by Gasteiger charge is 2.53. The molecule has 3 atom stereocenters. The van der Waals surface area contributed by atoms with Crippen molar-refractivity contribution >= 4 is 29.5 Å². The van der Waals surface area contributed by atoms with Crippen molar-refractivity contribution in [3.8, 4) is 0 Å². The summed E-state index contributed by atoms with van der Waals surface area (Å²) in [4.78, 5) is 36.6. The molecule has 0 spiro atoms. The standard InChI is InChI=1S/C13H20N2O4S/c1-3-4-8(12(18)19)14-11(17)9-7-20-13(2)6-5-10(16)15(9)13/h8-9H,3-7H2,1-2H3,(H,14,17)(H,18,19). The van der Waals surface area contributed by atoms with Gasteiger partial charge < -0.3 is 15.3 Å². The Bertz CT molecular complexity index is 442. The van der Waals surface area contributed by atoms with E-state index in [1.165, 1.54) is 0 Å². The minimum Gasteiger partial charge on any atom is -0.480 e. The summed E-state index contributed by atoms with van der Waals surface area (Å²) in [7, 11) is 0. The van der Waals surface area contributed by atoms with Crippen LogP contribution >= 0.6 is 11.8 Å². The Balaban J connectivity index is 2.06. The average Bonchev–Trinajstić information content (AvgIpc) is 2.86. The maximum absolute atomic E-state index is 12.3. The topological polar surface area (TPSA) is 86.7 Å². The number of amides is 2. The van der Waals surface area contributed by atoms with E-state index in [4.69, 9.17) is 5.11 Å². The summed E-state index contributed by atoms with van der Waals surface area (Å²) in [5.41, 5.74) is 0. The lowest BCUT2D eigenvalue weighted by Crippen LogP contribution is -2.53. The molecule has 0 saturated carbocycles. The lowest BCUT2D eigenvalue weighted by atomic mass is 10.1. The molecule has 0 aromatic rings. The largest absolute Gasteiger partial charge is 0.480 e. The Morgan fingerprint density at radius 3 is 2.90 bits per heavy atom. The van der Waals surface area contributed by atoms with Crippen LogP contribution in [0.1, 0.15) is 39.5 Å². The zero-order chi connectivity index (χ0) is 14.9. The summed E-state index contributed by atoms with van der Waals surface area (Å²) >= 11 is 1.60. The van der Waals surface area contributed by atoms with Crippen molar-refractivity contribution in [2.75, 3.05) is 5.75 Å². The van der Waals surface area contributed by atoms with Gasteiger partial charge in [-0.3, -0.25) is 9.59 Å². The lowest BCUT2D eigenvalue weighted by Gasteiger charge is -2.30. The van der Waals surface area contributed by atoms with E-state index in [0.717, 1.165) is 6.42 Å². The minimum absolute atomic E-state index is 0.0139. The van der Waals surface area contributed by atoms with Crippen LogP contribution in [-0.4, -0.2) is 50.5 Å². The molecule has 6 nitrogen and oxygen atoms in total. The molecule has 2 rings (SSSR count). The van der Waals surface area contributed by atoms with E-state index >= 15 is 0 Å². The molecule has 0 bridgehead atoms. The Morgan fingerprint density at radius 1 is 1.60 bits per heavy atom. The molecular formula is C13H20N2O4S. The number of nitrogens with zero attached hydrogens (tertiary/aromatic N) is 1. The van der Waals surface area contributed by atoms with E-state index < -0.39 is 18.1 Å². The summed E-state index contributed by atoms with van der Waals surface area (Å²) in [5.74, 6) is -0.856. The number of hydrogen-bond donors (Lipinski definition) is 2. The molecule has 0 radical (unpaired) electrons. The second-order valence-electron chi connectivity index (χ2n) is 5.45. The smallest absolute Gasteiger partial charge is 0.326 e. The third-order valence-electron chi connectivity index (χ3n) is 3.94. The van der Waals surface area contributed by atoms with Crippen LogP contribution < -0.4 is 5.32 Å². The van der Waals surface area contributed by atoms with Gasteiger partial charge in [-0.25, -0.2) is 4.79 Å². The molecule has 2 aliphatic heterocycles. The van der Waals surface area contributed by atoms with Crippen LogP contribution in [0.5, 0.6) is 0 Å². The molecule has 2 N–H and O–H groups in total. The minimum atomic E-state index is -1.03. The van der Waals surface area contributed by atoms with E-state index in [0.29, 0.717) is 25.0 Å². The SMILES string of the molecule is CCCC(NC(=O)C1CSC2(C)CCC(=O)N12)C(=O)O. The molecule has 2 heterocycles. The first-order chi connectivity index (χ1) is 9.39. The Hall–Kier alpha value is -1.24. The fourth-order valence-corrected chi connectivity index (χ4v) is 4.26. The van der Waals surface area contributed by atoms with Crippen LogP contribution in [-0.2, 0) is 14.4 Å². The van der Waals surface area contributed by atoms with Gasteiger partial charge in [-0.1, -0.05) is 13.3 Å². The number of thioether (sulfide) groups is 1. The number of rotatable bonds is 5. The van der Waals surface area contributed by atoms with Crippen LogP contribution in [0.3, 0.4) is 0 Å². The number of nitrogens with one attached hydrogen (secondary N) is 1. The average molecular weight is 300 g/mol. The van der Waals surface area contributed by atoms with Gasteiger partial charge in [-0.2, -0.15) is 0 Å². The van der Waals surface area contributed by atoms with Gasteiger partial charge in [0, 0.05) is 12.2 Å². The number of aliphatic carboxylic acids is 1. The van der Waals surface area contributed by atoms with Gasteiger partial charge in [0.1, 0.15) is 12.1 Å². The maximum Gasteiger partial charge on any atom is 0.326 e. The Labute approximate surface area is 122 Å². The van der Waals surface area contributed by atoms with E-state index in [-0.39, 0.29) is 16.7 Å². The van der Waals surface area contributed by atoms with E-state index in [2.05, 4.69) is 5.32 Å². The first-order valence-corrected chi connectivity index (χ1v) is 7.87. The third-order valence-corrected chi connectivity index (χ3v) is 5.44. The molecule has 2 saturated heterocycles. The third kappa shape index (κ3) is 2.63. The highest BCUT2D eigenvalue weighted by atomic mass is 32.2. The molecule has 0 aromatic carbocycles. The Morgan fingerprint density at radius 2 is 2.30 bits per heavy atom. The zero-order valence-corrected chi connectivity index (χ0v) is 12.5. The molecule has 2 fully saturated rings. The monoisotopic (exact) mass is 300 g/mol. The summed E-state index contributed by atoms with van der Waals surface area (Å²) in [6.45, 7) is 3.84. The van der Waals surface area contributed by atoms with Crippen molar-refractivity contribution < 1.29 is 19.5 Å². The number of carbonyl (C=O) groups is 3. The fraction of sp³-hybridized carbons (Fsp3) is 0.769. The van der Waals surface area contributed by atoms with Crippen molar-refractivity contribution in [1.82, 2.24) is 10.2 Å². The lowest BCUT2D eigenvalue weighted by molar-refractivity contribution is -0.144. The van der Waals surface area contributed by atoms with Crippen LogP contribution in [0.4, 0.5) is 0 Å². The highest BCUT2D eigenvalue weighted by molar-refractivity contribution is 8.01. The van der Waals surface area contributed by atoms with E-state index in [1.807, 2.05) is 13.8 Å². The van der Waals surface area contributed by atoms with Gasteiger partial charge >= 0.3 is 5.97 Å². The predicted molar refractivity (Wildman–Crippen MR) is 75.2 cm³/mol. The van der Waals surface area contributed by atoms with Crippen LogP contribution in [0, 0.1) is 0 Å². The summed E-state index contributed by atoms with van der Waals surface area (Å²) in [6.07, 6.45) is 2.28. The van der Waals surface area contributed by atoms with Crippen molar-refractivity contribution in [2.24, 2.45) is 0 Å². The molecule has 0 aliphatic carbocycles. The van der Waals surface area contributed by atoms with Gasteiger partial charge in [0.15, 0.2) is 0 Å². The molecule has 2 amide bonds. The molecular weight excluding hydrogens is 280 g/mol. The fourth-order valence-electron chi connectivity index (χ4n) is 2.83. The van der Waals surface area contributed by atoms with Gasteiger partial charge in [0.05, 0.1) is 4.87 Å². The van der Waals surface area contributed by atoms with Crippen molar-refractivity contribution in [3.05, 3.63) is 0 Å². The number of carbonyl (C=O) groups excluding carboxylic acids is 2. The molecule has 3 unspecified atom stereocenters. The predicted octanol–water partition coefficient (Wildman–Crippen LogP) is 0.810. The van der Waals surface area contributed by atoms with Crippen LogP contribution in [0.25, 0.3) is 0 Å². The molecule has 20 heavy (non-hydrogen) atoms. The van der Waals surface area contributed by atoms with Crippen LogP contribution in [0.15, 0.2) is 0 Å². The van der Waals surface area contributed by atoms with Gasteiger partial charge in [0.25, 0.3) is 0 Å². The van der Waals surface area contributed by atoms with Gasteiger partial charge in [-0.15, -0.1) is 11.8 Å². The van der Waals surface area contributed by atoms with E-state index in [9.17, 15) is 14.4 Å². The van der Waals surface area contributed by atoms with Gasteiger partial charge in [0.2, 0.25) is 11.8 Å². The van der Waals surface area contributed by atoms with Crippen molar-refractivity contribution in [2.45, 2.75) is 56.5 Å². The van der Waals surface area contributed by atoms with E-state index in [1.54, 1.807) is 16.7 Å². The number of carboxylic acids is 1. The second-order valence-corrected chi connectivity index (χ2v) is 6.96. The summed E-state index contributed by atoms with van der Waals surface area (Å²) in [6, 6.07) is -1.42. The number of fused-ring (bicyclic) bond motifs is 1. The maximum atomic E-state index is 12.3. The van der Waals surface area contributed by atoms with Gasteiger partial charge in [-0.05, 0) is 19.8 Å². The second kappa shape index (κ2) is 5.63. The number of hydrogen-bond acceptors (Lipinski definition) is 4. The van der Waals surface area contributed by atoms with Crippen molar-refractivity contribution in [1.29, 1.82) is 0 Å². The summed E-state index contributed by atoms with van der Waals surface area (Å²) in [5, 5.41) is 11.6. The number of carboxylic acid groups (broad SMARTS) is 1. The first kappa shape index (κ1) is 15.2. The Kier molecular flexibility index (Phi) is 4.27. The molecule has 0 aromatic heterocycles. The summed E-state index contributed by atoms with van der Waals surface area (Å²) < 4.78 is 0. The normalized spacial score (nSPS) is 30.2. The quantitative estimate of drug-likeness (QED) is 0.784. The van der Waals surface area contributed by atoms with Crippen molar-refractivity contribution in [3.63, 3.8) is 0 Å². The molecule has 112 valence electrons. The van der Waals surface area contributed by atoms with Crippen LogP contribution in [0.2, 0.25) is 0 Å². The zero-order valence-electron chi connectivity index (χ0n) is 11.7. The first-order valence-electron chi connectivity index (χ1n) is 6.88. The molecule has 2 aliphatic rings. The molecule has 7 heteroatoms.